The number of ether oxygens (including phenoxy) is 1. The lowest BCUT2D eigenvalue weighted by Crippen LogP contribution is -2.45. The molecule has 0 spiro atoms. The summed E-state index contributed by atoms with van der Waals surface area (Å²) in [6.07, 6.45) is 2.93. The topological polar surface area (TPSA) is 57.7 Å². The highest BCUT2D eigenvalue weighted by atomic mass is 16.5. The zero-order valence-electron chi connectivity index (χ0n) is 12.9. The van der Waals surface area contributed by atoms with Gasteiger partial charge in [-0.3, -0.25) is 9.69 Å². The van der Waals surface area contributed by atoms with Crippen LogP contribution in [0.2, 0.25) is 0 Å². The third kappa shape index (κ3) is 4.18. The highest BCUT2D eigenvalue weighted by Crippen LogP contribution is 2.17. The number of carbonyl (C=O) groups is 1. The smallest absolute Gasteiger partial charge is 0.236 e. The van der Waals surface area contributed by atoms with E-state index in [-0.39, 0.29) is 5.91 Å². The number of amides is 1. The molecular formula is C16H24N4O2. The number of pyridine rings is 1. The molecular weight excluding hydrogens is 280 g/mol. The molecule has 3 heterocycles. The van der Waals surface area contributed by atoms with E-state index >= 15 is 0 Å². The first kappa shape index (κ1) is 15.2. The Morgan fingerprint density at radius 3 is 2.95 bits per heavy atom. The standard InChI is InChI=1S/C16H24N4O2/c21-16(20-7-9-22-10-8-20)13-19-6-4-14(12-19)11-18-15-3-1-2-5-17-15/h1-3,5,14H,4,6-13H2,(H,17,18)/t14-/m0/s1. The number of carbonyl (C=O) groups excluding carboxylic acids is 1. The summed E-state index contributed by atoms with van der Waals surface area (Å²) in [7, 11) is 0. The van der Waals surface area contributed by atoms with Crippen LogP contribution < -0.4 is 5.32 Å². The Hall–Kier alpha value is -1.66. The Morgan fingerprint density at radius 2 is 2.18 bits per heavy atom. The average Bonchev–Trinajstić information content (AvgIpc) is 3.02. The van der Waals surface area contributed by atoms with E-state index < -0.39 is 0 Å². The molecule has 2 fully saturated rings. The minimum Gasteiger partial charge on any atom is -0.378 e. The molecule has 1 amide bonds. The van der Waals surface area contributed by atoms with Gasteiger partial charge in [-0.1, -0.05) is 6.07 Å². The number of morpholine rings is 1. The number of nitrogens with one attached hydrogen (secondary N) is 1. The lowest BCUT2D eigenvalue weighted by Gasteiger charge is -2.28. The monoisotopic (exact) mass is 304 g/mol. The van der Waals surface area contributed by atoms with Gasteiger partial charge in [0.15, 0.2) is 0 Å². The molecule has 3 rings (SSSR count). The predicted octanol–water partition coefficient (Wildman–Crippen LogP) is 0.674. The maximum atomic E-state index is 12.2. The largest absolute Gasteiger partial charge is 0.378 e. The van der Waals surface area contributed by atoms with E-state index in [0.29, 0.717) is 25.7 Å². The van der Waals surface area contributed by atoms with Crippen molar-refractivity contribution >= 4 is 11.7 Å². The number of likely N-dealkylation sites (tertiary alicyclic amines) is 1. The van der Waals surface area contributed by atoms with E-state index in [2.05, 4.69) is 15.2 Å². The molecule has 2 aliphatic rings. The van der Waals surface area contributed by atoms with Crippen LogP contribution in [0.15, 0.2) is 24.4 Å². The molecule has 1 aromatic rings. The zero-order valence-corrected chi connectivity index (χ0v) is 12.9. The summed E-state index contributed by atoms with van der Waals surface area (Å²) in [4.78, 5) is 20.7. The van der Waals surface area contributed by atoms with Crippen LogP contribution in [-0.4, -0.2) is 73.2 Å². The van der Waals surface area contributed by atoms with E-state index in [1.807, 2.05) is 23.1 Å². The van der Waals surface area contributed by atoms with Gasteiger partial charge in [-0.2, -0.15) is 0 Å². The Balaban J connectivity index is 1.39. The van der Waals surface area contributed by atoms with Gasteiger partial charge in [0.25, 0.3) is 0 Å². The van der Waals surface area contributed by atoms with Crippen molar-refractivity contribution in [2.75, 3.05) is 57.8 Å². The number of anilines is 1. The number of nitrogens with zero attached hydrogens (tertiary/aromatic N) is 3. The second-order valence-electron chi connectivity index (χ2n) is 5.98. The van der Waals surface area contributed by atoms with Gasteiger partial charge in [0.2, 0.25) is 5.91 Å². The van der Waals surface area contributed by atoms with Crippen LogP contribution in [0.1, 0.15) is 6.42 Å². The molecule has 0 unspecified atom stereocenters. The van der Waals surface area contributed by atoms with Crippen LogP contribution in [0.25, 0.3) is 0 Å². The second kappa shape index (κ2) is 7.56. The third-order valence-corrected chi connectivity index (χ3v) is 4.33. The van der Waals surface area contributed by atoms with Gasteiger partial charge < -0.3 is 15.0 Å². The summed E-state index contributed by atoms with van der Waals surface area (Å²) in [6, 6.07) is 5.88. The van der Waals surface area contributed by atoms with Gasteiger partial charge in [0.05, 0.1) is 19.8 Å². The van der Waals surface area contributed by atoms with Gasteiger partial charge in [-0.25, -0.2) is 4.98 Å². The van der Waals surface area contributed by atoms with Crippen LogP contribution in [0, 0.1) is 5.92 Å². The summed E-state index contributed by atoms with van der Waals surface area (Å²) < 4.78 is 5.29. The molecule has 0 bridgehead atoms. The summed E-state index contributed by atoms with van der Waals surface area (Å²) >= 11 is 0. The van der Waals surface area contributed by atoms with Gasteiger partial charge in [0, 0.05) is 32.4 Å². The van der Waals surface area contributed by atoms with Gasteiger partial charge in [-0.05, 0) is 31.0 Å². The molecule has 120 valence electrons. The average molecular weight is 304 g/mol. The Kier molecular flexibility index (Phi) is 5.24. The highest BCUT2D eigenvalue weighted by Gasteiger charge is 2.26. The van der Waals surface area contributed by atoms with Crippen LogP contribution in [0.4, 0.5) is 5.82 Å². The Labute approximate surface area is 131 Å². The van der Waals surface area contributed by atoms with Crippen molar-refractivity contribution < 1.29 is 9.53 Å². The maximum absolute atomic E-state index is 12.2. The minimum atomic E-state index is 0.238. The fourth-order valence-corrected chi connectivity index (χ4v) is 3.04. The van der Waals surface area contributed by atoms with E-state index in [9.17, 15) is 4.79 Å². The van der Waals surface area contributed by atoms with E-state index in [1.165, 1.54) is 0 Å². The fraction of sp³-hybridized carbons (Fsp3) is 0.625. The fourth-order valence-electron chi connectivity index (χ4n) is 3.04. The third-order valence-electron chi connectivity index (χ3n) is 4.33. The number of hydrogen-bond donors (Lipinski definition) is 1. The molecule has 22 heavy (non-hydrogen) atoms. The minimum absolute atomic E-state index is 0.238. The summed E-state index contributed by atoms with van der Waals surface area (Å²) in [5.74, 6) is 1.74. The Bertz CT molecular complexity index is 476. The normalized spacial score (nSPS) is 22.7. The van der Waals surface area contributed by atoms with Crippen molar-refractivity contribution in [1.29, 1.82) is 0 Å². The Morgan fingerprint density at radius 1 is 1.32 bits per heavy atom. The molecule has 0 saturated carbocycles. The van der Waals surface area contributed by atoms with Crippen LogP contribution in [0.5, 0.6) is 0 Å². The van der Waals surface area contributed by atoms with Crippen molar-refractivity contribution in [2.24, 2.45) is 5.92 Å². The second-order valence-corrected chi connectivity index (χ2v) is 5.98. The van der Waals surface area contributed by atoms with Gasteiger partial charge in [-0.15, -0.1) is 0 Å². The first-order chi connectivity index (χ1) is 10.8. The molecule has 2 saturated heterocycles. The lowest BCUT2D eigenvalue weighted by atomic mass is 10.1. The first-order valence-electron chi connectivity index (χ1n) is 8.04. The molecule has 0 radical (unpaired) electrons. The summed E-state index contributed by atoms with van der Waals surface area (Å²) in [5.41, 5.74) is 0. The van der Waals surface area contributed by atoms with Crippen molar-refractivity contribution in [1.82, 2.24) is 14.8 Å². The van der Waals surface area contributed by atoms with Crippen LogP contribution in [-0.2, 0) is 9.53 Å². The van der Waals surface area contributed by atoms with Gasteiger partial charge >= 0.3 is 0 Å². The first-order valence-corrected chi connectivity index (χ1v) is 8.04. The predicted molar refractivity (Wildman–Crippen MR) is 84.7 cm³/mol. The van der Waals surface area contributed by atoms with E-state index in [0.717, 1.165) is 45.0 Å². The van der Waals surface area contributed by atoms with E-state index in [1.54, 1.807) is 6.20 Å². The van der Waals surface area contributed by atoms with Crippen molar-refractivity contribution in [2.45, 2.75) is 6.42 Å². The van der Waals surface area contributed by atoms with Gasteiger partial charge in [0.1, 0.15) is 5.82 Å². The molecule has 6 heteroatoms. The molecule has 6 nitrogen and oxygen atoms in total. The molecule has 0 aliphatic carbocycles. The highest BCUT2D eigenvalue weighted by molar-refractivity contribution is 5.78. The zero-order chi connectivity index (χ0) is 15.2. The summed E-state index contributed by atoms with van der Waals surface area (Å²) in [5, 5.41) is 3.37. The molecule has 1 N–H and O–H groups in total. The van der Waals surface area contributed by atoms with Crippen molar-refractivity contribution in [3.63, 3.8) is 0 Å². The van der Waals surface area contributed by atoms with Crippen LogP contribution >= 0.6 is 0 Å². The quantitative estimate of drug-likeness (QED) is 0.867. The number of hydrogen-bond acceptors (Lipinski definition) is 5. The molecule has 0 aromatic carbocycles. The van der Waals surface area contributed by atoms with E-state index in [4.69, 9.17) is 4.74 Å². The number of aromatic nitrogens is 1. The summed E-state index contributed by atoms with van der Waals surface area (Å²) in [6.45, 7) is 6.25. The molecule has 1 atom stereocenters. The maximum Gasteiger partial charge on any atom is 0.236 e. The lowest BCUT2D eigenvalue weighted by molar-refractivity contribution is -0.136. The molecule has 1 aromatic heterocycles. The van der Waals surface area contributed by atoms with Crippen molar-refractivity contribution in [3.05, 3.63) is 24.4 Å². The number of rotatable bonds is 5. The molecule has 2 aliphatic heterocycles. The SMILES string of the molecule is O=C(CN1CC[C@@H](CNc2ccccn2)C1)N1CCOCC1. The van der Waals surface area contributed by atoms with Crippen molar-refractivity contribution in [3.8, 4) is 0 Å². The van der Waals surface area contributed by atoms with Crippen LogP contribution in [0.3, 0.4) is 0 Å².